The van der Waals surface area contributed by atoms with E-state index in [-0.39, 0.29) is 5.91 Å². The molecule has 0 fully saturated rings. The number of anilines is 1. The van der Waals surface area contributed by atoms with Crippen molar-refractivity contribution < 1.29 is 14.3 Å². The Labute approximate surface area is 156 Å². The molecule has 1 amide bonds. The number of rotatable bonds is 8. The van der Waals surface area contributed by atoms with Crippen LogP contribution in [-0.4, -0.2) is 35.8 Å². The Morgan fingerprint density at radius 2 is 2.04 bits per heavy atom. The van der Waals surface area contributed by atoms with E-state index >= 15 is 0 Å². The molecule has 0 aliphatic carbocycles. The van der Waals surface area contributed by atoms with E-state index in [2.05, 4.69) is 15.3 Å². The lowest BCUT2D eigenvalue weighted by Gasteiger charge is -2.11. The summed E-state index contributed by atoms with van der Waals surface area (Å²) in [6, 6.07) is 13.2. The Bertz CT molecular complexity index is 862. The van der Waals surface area contributed by atoms with Gasteiger partial charge in [0.25, 0.3) is 0 Å². The number of para-hydroxylation sites is 2. The molecule has 2 N–H and O–H groups in total. The Morgan fingerprint density at radius 3 is 2.81 bits per heavy atom. The van der Waals surface area contributed by atoms with Gasteiger partial charge < -0.3 is 19.8 Å². The van der Waals surface area contributed by atoms with Crippen LogP contribution < -0.4 is 14.8 Å². The van der Waals surface area contributed by atoms with Gasteiger partial charge in [-0.15, -0.1) is 0 Å². The summed E-state index contributed by atoms with van der Waals surface area (Å²) in [6.45, 7) is 0. The number of fused-ring (bicyclic) bond motifs is 1. The van der Waals surface area contributed by atoms with Crippen molar-refractivity contribution in [2.75, 3.05) is 25.3 Å². The summed E-state index contributed by atoms with van der Waals surface area (Å²) < 4.78 is 10.4. The number of carbonyl (C=O) groups is 1. The van der Waals surface area contributed by atoms with Crippen LogP contribution in [0.2, 0.25) is 0 Å². The lowest BCUT2D eigenvalue weighted by atomic mass is 10.2. The maximum absolute atomic E-state index is 12.2. The van der Waals surface area contributed by atoms with Crippen LogP contribution in [0.5, 0.6) is 11.5 Å². The highest BCUT2D eigenvalue weighted by molar-refractivity contribution is 7.99. The number of carbonyl (C=O) groups excluding carboxylic acids is 1. The highest BCUT2D eigenvalue weighted by Crippen LogP contribution is 2.29. The number of ether oxygens (including phenoxy) is 2. The molecule has 0 spiro atoms. The number of nitrogens with zero attached hydrogens (tertiary/aromatic N) is 1. The molecule has 1 heterocycles. The van der Waals surface area contributed by atoms with E-state index in [1.54, 1.807) is 44.2 Å². The summed E-state index contributed by atoms with van der Waals surface area (Å²) >= 11 is 1.62. The van der Waals surface area contributed by atoms with Crippen molar-refractivity contribution in [1.82, 2.24) is 9.97 Å². The number of nitrogens with one attached hydrogen (secondary N) is 2. The molecule has 2 aromatic carbocycles. The van der Waals surface area contributed by atoms with Gasteiger partial charge in [0, 0.05) is 18.2 Å². The molecule has 0 saturated heterocycles. The fourth-order valence-electron chi connectivity index (χ4n) is 2.51. The predicted octanol–water partition coefficient (Wildman–Crippen LogP) is 4.09. The van der Waals surface area contributed by atoms with Gasteiger partial charge in [0.05, 0.1) is 30.9 Å². The van der Waals surface area contributed by atoms with E-state index in [9.17, 15) is 4.79 Å². The number of H-pyrrole nitrogens is 1. The lowest BCUT2D eigenvalue weighted by Crippen LogP contribution is -2.12. The second kappa shape index (κ2) is 8.62. The Balaban J connectivity index is 1.47. The van der Waals surface area contributed by atoms with Gasteiger partial charge in [-0.25, -0.2) is 4.98 Å². The molecule has 7 heteroatoms. The minimum Gasteiger partial charge on any atom is -0.497 e. The van der Waals surface area contributed by atoms with Crippen molar-refractivity contribution in [2.45, 2.75) is 18.0 Å². The largest absolute Gasteiger partial charge is 0.497 e. The third-order valence-corrected chi connectivity index (χ3v) is 4.80. The maximum Gasteiger partial charge on any atom is 0.224 e. The van der Waals surface area contributed by atoms with Gasteiger partial charge in [-0.3, -0.25) is 4.79 Å². The van der Waals surface area contributed by atoms with Crippen LogP contribution in [0, 0.1) is 0 Å². The summed E-state index contributed by atoms with van der Waals surface area (Å²) in [5.74, 6) is 2.03. The van der Waals surface area contributed by atoms with Crippen LogP contribution in [0.1, 0.15) is 12.8 Å². The van der Waals surface area contributed by atoms with Crippen molar-refractivity contribution >= 4 is 34.4 Å². The number of amides is 1. The monoisotopic (exact) mass is 371 g/mol. The first-order valence-corrected chi connectivity index (χ1v) is 9.27. The first-order valence-electron chi connectivity index (χ1n) is 8.29. The van der Waals surface area contributed by atoms with Crippen LogP contribution in [-0.2, 0) is 4.79 Å². The van der Waals surface area contributed by atoms with Gasteiger partial charge in [-0.1, -0.05) is 23.9 Å². The Kier molecular flexibility index (Phi) is 6.01. The second-order valence-electron chi connectivity index (χ2n) is 5.63. The number of aromatic amines is 1. The van der Waals surface area contributed by atoms with E-state index in [0.29, 0.717) is 23.6 Å². The number of thioether (sulfide) groups is 1. The van der Waals surface area contributed by atoms with Gasteiger partial charge in [-0.05, 0) is 30.7 Å². The van der Waals surface area contributed by atoms with Gasteiger partial charge in [0.1, 0.15) is 11.5 Å². The smallest absolute Gasteiger partial charge is 0.224 e. The molecule has 0 bridgehead atoms. The topological polar surface area (TPSA) is 76.2 Å². The second-order valence-corrected chi connectivity index (χ2v) is 6.71. The molecule has 136 valence electrons. The average Bonchev–Trinajstić information content (AvgIpc) is 3.08. The number of methoxy groups -OCH3 is 2. The van der Waals surface area contributed by atoms with Crippen molar-refractivity contribution in [3.05, 3.63) is 42.5 Å². The average molecular weight is 371 g/mol. The van der Waals surface area contributed by atoms with E-state index in [1.165, 1.54) is 0 Å². The fraction of sp³-hybridized carbons (Fsp3) is 0.263. The maximum atomic E-state index is 12.2. The van der Waals surface area contributed by atoms with Crippen LogP contribution in [0.25, 0.3) is 11.0 Å². The van der Waals surface area contributed by atoms with Crippen molar-refractivity contribution in [3.8, 4) is 11.5 Å². The molecule has 26 heavy (non-hydrogen) atoms. The van der Waals surface area contributed by atoms with Gasteiger partial charge in [0.2, 0.25) is 5.91 Å². The highest BCUT2D eigenvalue weighted by Gasteiger charge is 2.09. The number of hydrogen-bond acceptors (Lipinski definition) is 5. The predicted molar refractivity (Wildman–Crippen MR) is 104 cm³/mol. The first kappa shape index (κ1) is 18.1. The Hall–Kier alpha value is -2.67. The third kappa shape index (κ3) is 4.49. The summed E-state index contributed by atoms with van der Waals surface area (Å²) in [6.07, 6.45) is 1.19. The Morgan fingerprint density at radius 1 is 1.19 bits per heavy atom. The first-order chi connectivity index (χ1) is 12.7. The molecule has 0 radical (unpaired) electrons. The van der Waals surface area contributed by atoms with Crippen LogP contribution in [0.4, 0.5) is 5.69 Å². The van der Waals surface area contributed by atoms with Crippen LogP contribution in [0.15, 0.2) is 47.6 Å². The summed E-state index contributed by atoms with van der Waals surface area (Å²) in [5, 5.41) is 3.76. The van der Waals surface area contributed by atoms with Crippen molar-refractivity contribution in [2.24, 2.45) is 0 Å². The summed E-state index contributed by atoms with van der Waals surface area (Å²) in [7, 11) is 3.15. The number of benzene rings is 2. The molecule has 0 atom stereocenters. The number of aromatic nitrogens is 2. The lowest BCUT2D eigenvalue weighted by molar-refractivity contribution is -0.116. The zero-order valence-corrected chi connectivity index (χ0v) is 15.6. The molecule has 0 aliphatic heterocycles. The molecule has 0 unspecified atom stereocenters. The van der Waals surface area contributed by atoms with E-state index < -0.39 is 0 Å². The summed E-state index contributed by atoms with van der Waals surface area (Å²) in [4.78, 5) is 19.9. The summed E-state index contributed by atoms with van der Waals surface area (Å²) in [5.41, 5.74) is 2.63. The van der Waals surface area contributed by atoms with Gasteiger partial charge in [0.15, 0.2) is 5.16 Å². The molecular weight excluding hydrogens is 350 g/mol. The molecule has 6 nitrogen and oxygen atoms in total. The minimum absolute atomic E-state index is 0.0429. The standard InChI is InChI=1S/C19H21N3O3S/c1-24-13-9-10-16(17(12-13)25-2)20-18(23)8-5-11-26-19-21-14-6-3-4-7-15(14)22-19/h3-4,6-7,9-10,12H,5,8,11H2,1-2H3,(H,20,23)(H,21,22). The zero-order valence-electron chi connectivity index (χ0n) is 14.7. The van der Waals surface area contributed by atoms with Gasteiger partial charge >= 0.3 is 0 Å². The van der Waals surface area contributed by atoms with E-state index in [0.717, 1.165) is 28.4 Å². The third-order valence-electron chi connectivity index (χ3n) is 3.84. The minimum atomic E-state index is -0.0429. The molecular formula is C19H21N3O3S. The molecule has 0 aliphatic rings. The van der Waals surface area contributed by atoms with E-state index in [4.69, 9.17) is 9.47 Å². The molecule has 3 rings (SSSR count). The quantitative estimate of drug-likeness (QED) is 0.461. The van der Waals surface area contributed by atoms with Crippen molar-refractivity contribution in [3.63, 3.8) is 0 Å². The normalized spacial score (nSPS) is 10.7. The van der Waals surface area contributed by atoms with Gasteiger partial charge in [-0.2, -0.15) is 0 Å². The number of imidazole rings is 1. The number of hydrogen-bond donors (Lipinski definition) is 2. The molecule has 3 aromatic rings. The fourth-order valence-corrected chi connectivity index (χ4v) is 3.34. The van der Waals surface area contributed by atoms with Crippen LogP contribution >= 0.6 is 11.8 Å². The van der Waals surface area contributed by atoms with Crippen molar-refractivity contribution in [1.29, 1.82) is 0 Å². The zero-order chi connectivity index (χ0) is 18.4. The highest BCUT2D eigenvalue weighted by atomic mass is 32.2. The molecule has 1 aromatic heterocycles. The molecule has 0 saturated carbocycles. The van der Waals surface area contributed by atoms with Crippen LogP contribution in [0.3, 0.4) is 0 Å². The van der Waals surface area contributed by atoms with E-state index in [1.807, 2.05) is 24.3 Å². The SMILES string of the molecule is COc1ccc(NC(=O)CCCSc2nc3ccccc3[nH]2)c(OC)c1.